The molecule has 0 N–H and O–H groups in total. The van der Waals surface area contributed by atoms with Crippen LogP contribution in [0.15, 0.2) is 71.1 Å². The number of hydrogen-bond donors (Lipinski definition) is 0. The Morgan fingerprint density at radius 3 is 2.24 bits per heavy atom. The van der Waals surface area contributed by atoms with Crippen molar-refractivity contribution in [3.8, 4) is 0 Å². The van der Waals surface area contributed by atoms with E-state index in [1.165, 1.54) is 17.0 Å². The molecule has 0 bridgehead atoms. The maximum absolute atomic E-state index is 13.3. The van der Waals surface area contributed by atoms with Gasteiger partial charge in [-0.05, 0) is 42.3 Å². The molecule has 2 amide bonds. The molecular weight excluding hydrogens is 423 g/mol. The van der Waals surface area contributed by atoms with E-state index in [4.69, 9.17) is 9.15 Å². The summed E-state index contributed by atoms with van der Waals surface area (Å²) in [7, 11) is 1.55. The van der Waals surface area contributed by atoms with Crippen molar-refractivity contribution in [3.63, 3.8) is 0 Å². The van der Waals surface area contributed by atoms with E-state index < -0.39 is 0 Å². The summed E-state index contributed by atoms with van der Waals surface area (Å²) in [5.41, 5.74) is 1.67. The number of methoxy groups -OCH3 is 1. The maximum Gasteiger partial charge on any atom is 0.242 e. The van der Waals surface area contributed by atoms with Crippen LogP contribution in [0.4, 0.5) is 4.39 Å². The molecule has 174 valence electrons. The van der Waals surface area contributed by atoms with E-state index >= 15 is 0 Å². The zero-order valence-corrected chi connectivity index (χ0v) is 19.0. The molecule has 0 saturated heterocycles. The number of aryl methyl sites for hydroxylation is 1. The van der Waals surface area contributed by atoms with Crippen LogP contribution in [0.3, 0.4) is 0 Å². The first kappa shape index (κ1) is 24.2. The fraction of sp³-hybridized carbons (Fsp3) is 0.308. The summed E-state index contributed by atoms with van der Waals surface area (Å²) in [5.74, 6) is 0.672. The van der Waals surface area contributed by atoms with Gasteiger partial charge in [-0.2, -0.15) is 0 Å². The fourth-order valence-electron chi connectivity index (χ4n) is 3.44. The molecule has 7 heteroatoms. The molecule has 0 spiro atoms. The zero-order chi connectivity index (χ0) is 23.6. The van der Waals surface area contributed by atoms with Crippen molar-refractivity contribution in [1.82, 2.24) is 9.80 Å². The first-order valence-corrected chi connectivity index (χ1v) is 10.8. The molecule has 0 saturated carbocycles. The summed E-state index contributed by atoms with van der Waals surface area (Å²) in [6, 6.07) is 19.2. The monoisotopic (exact) mass is 452 g/mol. The third-order valence-electron chi connectivity index (χ3n) is 5.22. The lowest BCUT2D eigenvalue weighted by Crippen LogP contribution is -2.44. The Morgan fingerprint density at radius 1 is 0.879 bits per heavy atom. The number of halogens is 1. The number of rotatable bonds is 11. The number of amides is 2. The first-order valence-electron chi connectivity index (χ1n) is 10.8. The molecule has 2 aromatic carbocycles. The Morgan fingerprint density at radius 2 is 1.61 bits per heavy atom. The Labute approximate surface area is 193 Å². The van der Waals surface area contributed by atoms with Crippen LogP contribution in [0, 0.1) is 12.7 Å². The van der Waals surface area contributed by atoms with Crippen LogP contribution in [-0.2, 0) is 33.8 Å². The van der Waals surface area contributed by atoms with Gasteiger partial charge in [-0.1, -0.05) is 42.5 Å². The van der Waals surface area contributed by atoms with E-state index in [1.807, 2.05) is 49.4 Å². The minimum Gasteiger partial charge on any atom is -0.464 e. The number of benzene rings is 2. The maximum atomic E-state index is 13.3. The highest BCUT2D eigenvalue weighted by molar-refractivity contribution is 5.86. The summed E-state index contributed by atoms with van der Waals surface area (Å²) in [6.45, 7) is 3.04. The molecule has 6 nitrogen and oxygen atoms in total. The molecule has 0 radical (unpaired) electrons. The van der Waals surface area contributed by atoms with Gasteiger partial charge in [0, 0.05) is 20.2 Å². The molecule has 33 heavy (non-hydrogen) atoms. The van der Waals surface area contributed by atoms with Gasteiger partial charge >= 0.3 is 0 Å². The lowest BCUT2D eigenvalue weighted by Gasteiger charge is -2.27. The second kappa shape index (κ2) is 12.0. The van der Waals surface area contributed by atoms with E-state index in [2.05, 4.69) is 0 Å². The molecular formula is C26H29FN2O4. The zero-order valence-electron chi connectivity index (χ0n) is 19.0. The molecule has 0 aliphatic carbocycles. The molecule has 3 rings (SSSR count). The molecule has 0 fully saturated rings. The van der Waals surface area contributed by atoms with Gasteiger partial charge in [0.05, 0.1) is 26.1 Å². The predicted octanol–water partition coefficient (Wildman–Crippen LogP) is 3.97. The van der Waals surface area contributed by atoms with Crippen LogP contribution in [0.5, 0.6) is 0 Å². The second-order valence-corrected chi connectivity index (χ2v) is 7.86. The van der Waals surface area contributed by atoms with Gasteiger partial charge in [0.25, 0.3) is 0 Å². The Bertz CT molecular complexity index is 1030. The van der Waals surface area contributed by atoms with Crippen molar-refractivity contribution in [3.05, 3.63) is 95.2 Å². The number of ether oxygens (including phenoxy) is 1. The van der Waals surface area contributed by atoms with Gasteiger partial charge in [0.2, 0.25) is 11.8 Å². The number of carbonyl (C=O) groups is 2. The quantitative estimate of drug-likeness (QED) is 0.442. The smallest absolute Gasteiger partial charge is 0.242 e. The van der Waals surface area contributed by atoms with Crippen molar-refractivity contribution in [2.75, 3.05) is 26.8 Å². The minimum atomic E-state index is -0.359. The molecule has 0 aliphatic rings. The lowest BCUT2D eigenvalue weighted by atomic mass is 10.1. The van der Waals surface area contributed by atoms with Crippen LogP contribution in [0.2, 0.25) is 0 Å². The number of carbonyl (C=O) groups excluding carboxylic acids is 2. The Kier molecular flexibility index (Phi) is 8.78. The van der Waals surface area contributed by atoms with Gasteiger partial charge in [-0.3, -0.25) is 9.59 Å². The molecule has 1 aromatic heterocycles. The van der Waals surface area contributed by atoms with Crippen LogP contribution >= 0.6 is 0 Å². The molecule has 1 heterocycles. The van der Waals surface area contributed by atoms with E-state index in [1.54, 1.807) is 24.1 Å². The van der Waals surface area contributed by atoms with Crippen LogP contribution in [0.25, 0.3) is 0 Å². The highest BCUT2D eigenvalue weighted by atomic mass is 19.1. The normalized spacial score (nSPS) is 10.8. The molecule has 0 aliphatic heterocycles. The lowest BCUT2D eigenvalue weighted by molar-refractivity contribution is -0.141. The third-order valence-corrected chi connectivity index (χ3v) is 5.22. The standard InChI is InChI=1S/C26H29FN2O4/c1-20-8-13-24(33-20)18-29(17-22-6-4-3-5-7-22)26(31)19-28(14-15-32-2)25(30)16-21-9-11-23(27)12-10-21/h3-13H,14-19H2,1-2H3. The molecule has 3 aromatic rings. The van der Waals surface area contributed by atoms with Crippen molar-refractivity contribution >= 4 is 11.8 Å². The van der Waals surface area contributed by atoms with Gasteiger partial charge < -0.3 is 19.0 Å². The van der Waals surface area contributed by atoms with E-state index in [-0.39, 0.29) is 37.1 Å². The Hall–Kier alpha value is -3.45. The number of nitrogens with zero attached hydrogens (tertiary/aromatic N) is 2. The predicted molar refractivity (Wildman–Crippen MR) is 123 cm³/mol. The largest absolute Gasteiger partial charge is 0.464 e. The van der Waals surface area contributed by atoms with Crippen molar-refractivity contribution < 1.29 is 23.1 Å². The average Bonchev–Trinajstić information content (AvgIpc) is 3.22. The molecule has 0 atom stereocenters. The first-order chi connectivity index (χ1) is 15.9. The van der Waals surface area contributed by atoms with Gasteiger partial charge in [-0.25, -0.2) is 4.39 Å². The SMILES string of the molecule is COCCN(CC(=O)N(Cc1ccccc1)Cc1ccc(C)o1)C(=O)Cc1ccc(F)cc1. The van der Waals surface area contributed by atoms with Gasteiger partial charge in [0.15, 0.2) is 0 Å². The van der Waals surface area contributed by atoms with Crippen LogP contribution in [-0.4, -0.2) is 48.4 Å². The summed E-state index contributed by atoms with van der Waals surface area (Å²) in [5, 5.41) is 0. The third kappa shape index (κ3) is 7.57. The summed E-state index contributed by atoms with van der Waals surface area (Å²) in [4.78, 5) is 29.5. The molecule has 0 unspecified atom stereocenters. The van der Waals surface area contributed by atoms with E-state index in [0.717, 1.165) is 11.3 Å². The summed E-state index contributed by atoms with van der Waals surface area (Å²) in [6.07, 6.45) is 0.0767. The van der Waals surface area contributed by atoms with E-state index in [0.29, 0.717) is 31.0 Å². The summed E-state index contributed by atoms with van der Waals surface area (Å²) < 4.78 is 24.0. The van der Waals surface area contributed by atoms with E-state index in [9.17, 15) is 14.0 Å². The minimum absolute atomic E-state index is 0.0767. The average molecular weight is 453 g/mol. The Balaban J connectivity index is 1.74. The number of hydrogen-bond acceptors (Lipinski definition) is 4. The van der Waals surface area contributed by atoms with Crippen molar-refractivity contribution in [1.29, 1.82) is 0 Å². The highest BCUT2D eigenvalue weighted by Gasteiger charge is 2.23. The van der Waals surface area contributed by atoms with Gasteiger partial charge in [-0.15, -0.1) is 0 Å². The second-order valence-electron chi connectivity index (χ2n) is 7.86. The number of furan rings is 1. The van der Waals surface area contributed by atoms with Crippen LogP contribution < -0.4 is 0 Å². The van der Waals surface area contributed by atoms with Crippen molar-refractivity contribution in [2.45, 2.75) is 26.4 Å². The van der Waals surface area contributed by atoms with Crippen LogP contribution in [0.1, 0.15) is 22.6 Å². The summed E-state index contributed by atoms with van der Waals surface area (Å²) >= 11 is 0. The fourth-order valence-corrected chi connectivity index (χ4v) is 3.44. The van der Waals surface area contributed by atoms with Gasteiger partial charge in [0.1, 0.15) is 17.3 Å². The van der Waals surface area contributed by atoms with Crippen molar-refractivity contribution in [2.24, 2.45) is 0 Å². The topological polar surface area (TPSA) is 63.0 Å². The highest BCUT2D eigenvalue weighted by Crippen LogP contribution is 2.14.